The number of benzene rings is 2. The molecule has 0 radical (unpaired) electrons. The number of halogens is 1. The SMILES string of the molecule is COc1ccccc1NC(=O)c1sc(NC(=O)c2ccccc2F)c(C#N)c1C. The Morgan fingerprint density at radius 1 is 1.07 bits per heavy atom. The molecule has 6 nitrogen and oxygen atoms in total. The lowest BCUT2D eigenvalue weighted by molar-refractivity contribution is 0.101. The minimum atomic E-state index is -0.697. The van der Waals surface area contributed by atoms with Crippen molar-refractivity contribution >= 4 is 33.8 Å². The third-order valence-corrected chi connectivity index (χ3v) is 5.37. The predicted octanol–water partition coefficient (Wildman–Crippen LogP) is 4.58. The van der Waals surface area contributed by atoms with Crippen molar-refractivity contribution in [3.05, 3.63) is 75.9 Å². The second-order valence-electron chi connectivity index (χ2n) is 5.96. The van der Waals surface area contributed by atoms with Crippen LogP contribution in [0, 0.1) is 24.1 Å². The lowest BCUT2D eigenvalue weighted by atomic mass is 10.1. The number of anilines is 2. The monoisotopic (exact) mass is 409 g/mol. The van der Waals surface area contributed by atoms with E-state index in [-0.39, 0.29) is 21.0 Å². The molecule has 0 unspecified atom stereocenters. The molecule has 1 heterocycles. The van der Waals surface area contributed by atoms with E-state index in [0.29, 0.717) is 17.0 Å². The van der Waals surface area contributed by atoms with Gasteiger partial charge in [0.1, 0.15) is 22.6 Å². The molecule has 0 fully saturated rings. The van der Waals surface area contributed by atoms with Gasteiger partial charge in [-0.2, -0.15) is 5.26 Å². The minimum absolute atomic E-state index is 0.150. The average Bonchev–Trinajstić information content (AvgIpc) is 3.03. The maximum Gasteiger partial charge on any atom is 0.266 e. The molecule has 3 aromatic rings. The number of rotatable bonds is 5. The van der Waals surface area contributed by atoms with Crippen molar-refractivity contribution < 1.29 is 18.7 Å². The number of amides is 2. The summed E-state index contributed by atoms with van der Waals surface area (Å²) in [6.07, 6.45) is 0. The fourth-order valence-electron chi connectivity index (χ4n) is 2.70. The van der Waals surface area contributed by atoms with Gasteiger partial charge in [-0.05, 0) is 36.8 Å². The molecule has 0 bridgehead atoms. The number of carbonyl (C=O) groups excluding carboxylic acids is 2. The highest BCUT2D eigenvalue weighted by Gasteiger charge is 2.23. The standard InChI is InChI=1S/C21H16FN3O3S/c1-12-14(11-23)21(25-19(26)13-7-3-4-8-15(13)22)29-18(12)20(27)24-16-9-5-6-10-17(16)28-2/h3-10H,1-2H3,(H,24,27)(H,25,26). The van der Waals surface area contributed by atoms with Gasteiger partial charge in [0.05, 0.1) is 28.8 Å². The van der Waals surface area contributed by atoms with E-state index in [1.165, 1.54) is 31.4 Å². The Morgan fingerprint density at radius 2 is 1.76 bits per heavy atom. The zero-order valence-electron chi connectivity index (χ0n) is 15.6. The van der Waals surface area contributed by atoms with Crippen LogP contribution in [0.25, 0.3) is 0 Å². The van der Waals surface area contributed by atoms with Gasteiger partial charge in [-0.15, -0.1) is 11.3 Å². The Balaban J connectivity index is 1.89. The molecule has 0 atom stereocenters. The first-order valence-electron chi connectivity index (χ1n) is 8.50. The number of nitriles is 1. The van der Waals surface area contributed by atoms with Crippen LogP contribution in [0.4, 0.5) is 15.1 Å². The number of nitrogens with one attached hydrogen (secondary N) is 2. The molecule has 0 saturated carbocycles. The van der Waals surface area contributed by atoms with Gasteiger partial charge in [0.15, 0.2) is 0 Å². The molecule has 1 aromatic heterocycles. The number of para-hydroxylation sites is 2. The Morgan fingerprint density at radius 3 is 2.45 bits per heavy atom. The molecule has 2 amide bonds. The third kappa shape index (κ3) is 4.10. The van der Waals surface area contributed by atoms with Crippen molar-refractivity contribution in [2.24, 2.45) is 0 Å². The lowest BCUT2D eigenvalue weighted by Crippen LogP contribution is -2.13. The molecular formula is C21H16FN3O3S. The van der Waals surface area contributed by atoms with Crippen molar-refractivity contribution in [1.82, 2.24) is 0 Å². The zero-order valence-corrected chi connectivity index (χ0v) is 16.4. The number of thiophene rings is 1. The van der Waals surface area contributed by atoms with Crippen molar-refractivity contribution in [3.8, 4) is 11.8 Å². The zero-order chi connectivity index (χ0) is 21.0. The molecular weight excluding hydrogens is 393 g/mol. The van der Waals surface area contributed by atoms with Crippen molar-refractivity contribution in [2.45, 2.75) is 6.92 Å². The number of methoxy groups -OCH3 is 1. The Hall–Kier alpha value is -3.70. The molecule has 0 aliphatic carbocycles. The molecule has 2 N–H and O–H groups in total. The maximum absolute atomic E-state index is 13.9. The Labute approximate surface area is 170 Å². The maximum atomic E-state index is 13.9. The Kier molecular flexibility index (Phi) is 5.90. The van der Waals surface area contributed by atoms with E-state index in [9.17, 15) is 19.2 Å². The second-order valence-corrected chi connectivity index (χ2v) is 6.98. The summed E-state index contributed by atoms with van der Waals surface area (Å²) in [5.74, 6) is -1.33. The van der Waals surface area contributed by atoms with Gasteiger partial charge in [0, 0.05) is 0 Å². The van der Waals surface area contributed by atoms with Gasteiger partial charge in [0.2, 0.25) is 0 Å². The van der Waals surface area contributed by atoms with E-state index >= 15 is 0 Å². The summed E-state index contributed by atoms with van der Waals surface area (Å²) in [4.78, 5) is 25.4. The molecule has 0 aliphatic heterocycles. The smallest absolute Gasteiger partial charge is 0.266 e. The van der Waals surface area contributed by atoms with Gasteiger partial charge in [-0.25, -0.2) is 4.39 Å². The Bertz CT molecular complexity index is 1130. The molecule has 0 saturated heterocycles. The number of hydrogen-bond acceptors (Lipinski definition) is 5. The highest BCUT2D eigenvalue weighted by Crippen LogP contribution is 2.34. The van der Waals surface area contributed by atoms with Crippen molar-refractivity contribution in [3.63, 3.8) is 0 Å². The van der Waals surface area contributed by atoms with Crippen LogP contribution in [0.1, 0.15) is 31.2 Å². The lowest BCUT2D eigenvalue weighted by Gasteiger charge is -2.09. The van der Waals surface area contributed by atoms with E-state index in [1.807, 2.05) is 6.07 Å². The number of carbonyl (C=O) groups is 2. The second kappa shape index (κ2) is 8.54. The van der Waals surface area contributed by atoms with Crippen LogP contribution < -0.4 is 15.4 Å². The van der Waals surface area contributed by atoms with Crippen LogP contribution >= 0.6 is 11.3 Å². The highest BCUT2D eigenvalue weighted by molar-refractivity contribution is 7.18. The van der Waals surface area contributed by atoms with Gasteiger partial charge >= 0.3 is 0 Å². The summed E-state index contributed by atoms with van der Waals surface area (Å²) < 4.78 is 19.1. The van der Waals surface area contributed by atoms with Crippen LogP contribution in [-0.2, 0) is 0 Å². The third-order valence-electron chi connectivity index (χ3n) is 4.17. The quantitative estimate of drug-likeness (QED) is 0.645. The van der Waals surface area contributed by atoms with Gasteiger partial charge in [-0.1, -0.05) is 24.3 Å². The highest BCUT2D eigenvalue weighted by atomic mass is 32.1. The number of hydrogen-bond donors (Lipinski definition) is 2. The number of nitrogens with zero attached hydrogens (tertiary/aromatic N) is 1. The first-order valence-corrected chi connectivity index (χ1v) is 9.31. The number of ether oxygens (including phenoxy) is 1. The van der Waals surface area contributed by atoms with Gasteiger partial charge < -0.3 is 15.4 Å². The predicted molar refractivity (Wildman–Crippen MR) is 109 cm³/mol. The molecule has 3 rings (SSSR count). The summed E-state index contributed by atoms with van der Waals surface area (Å²) in [5.41, 5.74) is 0.907. The fourth-order valence-corrected chi connectivity index (χ4v) is 3.74. The summed E-state index contributed by atoms with van der Waals surface area (Å²) in [6, 6.07) is 14.4. The summed E-state index contributed by atoms with van der Waals surface area (Å²) in [7, 11) is 1.49. The topological polar surface area (TPSA) is 91.2 Å². The largest absolute Gasteiger partial charge is 0.495 e. The summed E-state index contributed by atoms with van der Waals surface area (Å²) in [6.45, 7) is 1.62. The van der Waals surface area contributed by atoms with Crippen LogP contribution in [0.5, 0.6) is 5.75 Å². The van der Waals surface area contributed by atoms with E-state index in [0.717, 1.165) is 11.3 Å². The van der Waals surface area contributed by atoms with E-state index in [2.05, 4.69) is 10.6 Å². The molecule has 2 aromatic carbocycles. The van der Waals surface area contributed by atoms with E-state index in [4.69, 9.17) is 4.74 Å². The van der Waals surface area contributed by atoms with Crippen LogP contribution in [0.15, 0.2) is 48.5 Å². The van der Waals surface area contributed by atoms with Crippen LogP contribution in [-0.4, -0.2) is 18.9 Å². The molecule has 8 heteroatoms. The minimum Gasteiger partial charge on any atom is -0.495 e. The summed E-state index contributed by atoms with van der Waals surface area (Å²) >= 11 is 0.951. The van der Waals surface area contributed by atoms with E-state index in [1.54, 1.807) is 31.2 Å². The molecule has 0 aliphatic rings. The first kappa shape index (κ1) is 20.0. The van der Waals surface area contributed by atoms with Gasteiger partial charge in [-0.3, -0.25) is 9.59 Å². The molecule has 29 heavy (non-hydrogen) atoms. The van der Waals surface area contributed by atoms with Crippen LogP contribution in [0.3, 0.4) is 0 Å². The first-order chi connectivity index (χ1) is 14.0. The van der Waals surface area contributed by atoms with Crippen molar-refractivity contribution in [1.29, 1.82) is 5.26 Å². The molecule has 0 spiro atoms. The van der Waals surface area contributed by atoms with E-state index < -0.39 is 17.6 Å². The van der Waals surface area contributed by atoms with Gasteiger partial charge in [0.25, 0.3) is 11.8 Å². The van der Waals surface area contributed by atoms with Crippen LogP contribution in [0.2, 0.25) is 0 Å². The normalized spacial score (nSPS) is 10.1. The average molecular weight is 409 g/mol. The van der Waals surface area contributed by atoms with Crippen molar-refractivity contribution in [2.75, 3.05) is 17.7 Å². The summed E-state index contributed by atoms with van der Waals surface area (Å²) in [5, 5.41) is 14.9. The molecule has 146 valence electrons. The fraction of sp³-hybridized carbons (Fsp3) is 0.0952.